The van der Waals surface area contributed by atoms with E-state index in [1.807, 2.05) is 13.8 Å². The number of rotatable bonds is 5. The highest BCUT2D eigenvalue weighted by Crippen LogP contribution is 2.16. The molecular formula is C14H18N2O4. The highest BCUT2D eigenvalue weighted by molar-refractivity contribution is 5.90. The zero-order chi connectivity index (χ0) is 14.7. The molecule has 6 heteroatoms. The van der Waals surface area contributed by atoms with Crippen LogP contribution in [0.3, 0.4) is 0 Å². The van der Waals surface area contributed by atoms with Gasteiger partial charge in [-0.2, -0.15) is 0 Å². The molecule has 0 amide bonds. The third kappa shape index (κ3) is 2.91. The Balaban J connectivity index is 1.97. The first-order valence-corrected chi connectivity index (χ1v) is 6.33. The first-order chi connectivity index (χ1) is 9.52. The number of nitrogens with zero attached hydrogens (tertiary/aromatic N) is 1. The van der Waals surface area contributed by atoms with Crippen LogP contribution < -0.4 is 5.32 Å². The van der Waals surface area contributed by atoms with Crippen LogP contribution in [-0.2, 0) is 17.8 Å². The molecule has 108 valence electrons. The van der Waals surface area contributed by atoms with Gasteiger partial charge in [-0.1, -0.05) is 5.16 Å². The standard InChI is InChI=1S/C14H18N2O4/c1-8-13(10(3)20-16-8)7-15-6-11-5-12(9(2)19-11)14(17)18-4/h5,15H,6-7H2,1-4H3. The Morgan fingerprint density at radius 2 is 2.05 bits per heavy atom. The third-order valence-electron chi connectivity index (χ3n) is 3.16. The minimum Gasteiger partial charge on any atom is -0.465 e. The van der Waals surface area contributed by atoms with Crippen LogP contribution in [0, 0.1) is 20.8 Å². The number of nitrogens with one attached hydrogen (secondary N) is 1. The van der Waals surface area contributed by atoms with Gasteiger partial charge in [-0.25, -0.2) is 4.79 Å². The van der Waals surface area contributed by atoms with E-state index in [9.17, 15) is 4.79 Å². The van der Waals surface area contributed by atoms with Crippen LogP contribution in [0.25, 0.3) is 0 Å². The minimum atomic E-state index is -0.386. The zero-order valence-electron chi connectivity index (χ0n) is 12.1. The summed E-state index contributed by atoms with van der Waals surface area (Å²) in [6, 6.07) is 1.70. The molecule has 0 saturated carbocycles. The highest BCUT2D eigenvalue weighted by atomic mass is 16.5. The second kappa shape index (κ2) is 5.92. The fourth-order valence-corrected chi connectivity index (χ4v) is 2.01. The molecule has 0 saturated heterocycles. The van der Waals surface area contributed by atoms with E-state index >= 15 is 0 Å². The second-order valence-corrected chi connectivity index (χ2v) is 4.58. The maximum atomic E-state index is 11.5. The first-order valence-electron chi connectivity index (χ1n) is 6.33. The lowest BCUT2D eigenvalue weighted by molar-refractivity contribution is 0.0599. The molecule has 0 fully saturated rings. The van der Waals surface area contributed by atoms with Gasteiger partial charge in [0.15, 0.2) is 0 Å². The Kier molecular flexibility index (Phi) is 4.24. The summed E-state index contributed by atoms with van der Waals surface area (Å²) in [6.45, 7) is 6.67. The van der Waals surface area contributed by atoms with Gasteiger partial charge in [0.05, 0.1) is 19.3 Å². The largest absolute Gasteiger partial charge is 0.465 e. The van der Waals surface area contributed by atoms with Crippen molar-refractivity contribution in [3.63, 3.8) is 0 Å². The number of hydrogen-bond donors (Lipinski definition) is 1. The van der Waals surface area contributed by atoms with Crippen molar-refractivity contribution in [2.75, 3.05) is 7.11 Å². The summed E-state index contributed by atoms with van der Waals surface area (Å²) in [5.74, 6) is 1.67. The fraction of sp³-hybridized carbons (Fsp3) is 0.429. The number of ether oxygens (including phenoxy) is 1. The van der Waals surface area contributed by atoms with E-state index < -0.39 is 0 Å². The quantitative estimate of drug-likeness (QED) is 0.845. The van der Waals surface area contributed by atoms with Gasteiger partial charge >= 0.3 is 5.97 Å². The van der Waals surface area contributed by atoms with Gasteiger partial charge in [0.1, 0.15) is 22.8 Å². The van der Waals surface area contributed by atoms with Crippen LogP contribution >= 0.6 is 0 Å². The van der Waals surface area contributed by atoms with E-state index in [2.05, 4.69) is 15.2 Å². The van der Waals surface area contributed by atoms with Gasteiger partial charge in [0, 0.05) is 12.1 Å². The van der Waals surface area contributed by atoms with Crippen molar-refractivity contribution in [2.24, 2.45) is 0 Å². The van der Waals surface area contributed by atoms with Crippen LogP contribution in [0.2, 0.25) is 0 Å². The van der Waals surface area contributed by atoms with Crippen LogP contribution in [-0.4, -0.2) is 18.2 Å². The van der Waals surface area contributed by atoms with Gasteiger partial charge < -0.3 is 19.0 Å². The average molecular weight is 278 g/mol. The molecule has 0 spiro atoms. The van der Waals surface area contributed by atoms with E-state index in [0.29, 0.717) is 30.2 Å². The number of carbonyl (C=O) groups excluding carboxylic acids is 1. The van der Waals surface area contributed by atoms with Crippen molar-refractivity contribution in [1.29, 1.82) is 0 Å². The predicted octanol–water partition coefficient (Wildman–Crippen LogP) is 2.27. The van der Waals surface area contributed by atoms with E-state index in [4.69, 9.17) is 8.94 Å². The number of hydrogen-bond acceptors (Lipinski definition) is 6. The molecule has 0 aliphatic carbocycles. The van der Waals surface area contributed by atoms with Crippen molar-refractivity contribution in [2.45, 2.75) is 33.9 Å². The molecule has 2 aromatic rings. The van der Waals surface area contributed by atoms with Crippen LogP contribution in [0.1, 0.15) is 38.9 Å². The van der Waals surface area contributed by atoms with E-state index in [1.165, 1.54) is 7.11 Å². The second-order valence-electron chi connectivity index (χ2n) is 4.58. The van der Waals surface area contributed by atoms with Gasteiger partial charge in [-0.05, 0) is 26.8 Å². The molecule has 0 aromatic carbocycles. The summed E-state index contributed by atoms with van der Waals surface area (Å²) in [5, 5.41) is 7.13. The lowest BCUT2D eigenvalue weighted by Gasteiger charge is -2.01. The lowest BCUT2D eigenvalue weighted by atomic mass is 10.2. The van der Waals surface area contributed by atoms with Crippen molar-refractivity contribution in [1.82, 2.24) is 10.5 Å². The first kappa shape index (κ1) is 14.3. The number of carbonyl (C=O) groups is 1. The molecule has 0 unspecified atom stereocenters. The molecule has 2 heterocycles. The Labute approximate surface area is 117 Å². The average Bonchev–Trinajstić information content (AvgIpc) is 2.94. The van der Waals surface area contributed by atoms with Crippen LogP contribution in [0.4, 0.5) is 0 Å². The van der Waals surface area contributed by atoms with Gasteiger partial charge in [-0.3, -0.25) is 0 Å². The van der Waals surface area contributed by atoms with Crippen molar-refractivity contribution in [3.05, 3.63) is 40.2 Å². The number of esters is 1. The fourth-order valence-electron chi connectivity index (χ4n) is 2.01. The summed E-state index contributed by atoms with van der Waals surface area (Å²) >= 11 is 0. The molecular weight excluding hydrogens is 260 g/mol. The molecule has 0 aliphatic rings. The zero-order valence-corrected chi connectivity index (χ0v) is 12.1. The summed E-state index contributed by atoms with van der Waals surface area (Å²) in [4.78, 5) is 11.5. The molecule has 20 heavy (non-hydrogen) atoms. The van der Waals surface area contributed by atoms with Crippen molar-refractivity contribution >= 4 is 5.97 Å². The molecule has 2 aromatic heterocycles. The Morgan fingerprint density at radius 1 is 1.30 bits per heavy atom. The highest BCUT2D eigenvalue weighted by Gasteiger charge is 2.15. The van der Waals surface area contributed by atoms with Crippen LogP contribution in [0.5, 0.6) is 0 Å². The van der Waals surface area contributed by atoms with Crippen molar-refractivity contribution in [3.8, 4) is 0 Å². The number of aromatic nitrogens is 1. The van der Waals surface area contributed by atoms with Gasteiger partial charge in [0.25, 0.3) is 0 Å². The Morgan fingerprint density at radius 3 is 2.65 bits per heavy atom. The smallest absolute Gasteiger partial charge is 0.341 e. The van der Waals surface area contributed by atoms with Crippen molar-refractivity contribution < 1.29 is 18.5 Å². The Hall–Kier alpha value is -2.08. The Bertz CT molecular complexity index is 593. The number of aryl methyl sites for hydroxylation is 3. The van der Waals surface area contributed by atoms with E-state index in [0.717, 1.165) is 17.0 Å². The molecule has 0 radical (unpaired) electrons. The minimum absolute atomic E-state index is 0.386. The molecule has 0 atom stereocenters. The molecule has 2 rings (SSSR count). The maximum Gasteiger partial charge on any atom is 0.341 e. The molecule has 0 bridgehead atoms. The number of furan rings is 1. The summed E-state index contributed by atoms with van der Waals surface area (Å²) in [7, 11) is 1.35. The summed E-state index contributed by atoms with van der Waals surface area (Å²) < 4.78 is 15.3. The monoisotopic (exact) mass is 278 g/mol. The lowest BCUT2D eigenvalue weighted by Crippen LogP contribution is -2.13. The van der Waals surface area contributed by atoms with Gasteiger partial charge in [0.2, 0.25) is 0 Å². The van der Waals surface area contributed by atoms with E-state index in [1.54, 1.807) is 13.0 Å². The summed E-state index contributed by atoms with van der Waals surface area (Å²) in [6.07, 6.45) is 0. The predicted molar refractivity (Wildman–Crippen MR) is 71.3 cm³/mol. The maximum absolute atomic E-state index is 11.5. The molecule has 1 N–H and O–H groups in total. The molecule has 0 aliphatic heterocycles. The molecule has 6 nitrogen and oxygen atoms in total. The topological polar surface area (TPSA) is 77.5 Å². The normalized spacial score (nSPS) is 10.8. The van der Waals surface area contributed by atoms with E-state index in [-0.39, 0.29) is 5.97 Å². The van der Waals surface area contributed by atoms with Crippen LogP contribution in [0.15, 0.2) is 15.0 Å². The number of methoxy groups -OCH3 is 1. The third-order valence-corrected chi connectivity index (χ3v) is 3.16. The summed E-state index contributed by atoms with van der Waals surface area (Å²) in [5.41, 5.74) is 2.38. The van der Waals surface area contributed by atoms with Gasteiger partial charge in [-0.15, -0.1) is 0 Å². The SMILES string of the molecule is COC(=O)c1cc(CNCc2c(C)noc2C)oc1C.